The van der Waals surface area contributed by atoms with Gasteiger partial charge in [0, 0.05) is 39.6 Å². The minimum absolute atomic E-state index is 0.118. The Balaban J connectivity index is 1.52. The largest absolute Gasteiger partial charge is 0.454 e. The van der Waals surface area contributed by atoms with Gasteiger partial charge < -0.3 is 19.7 Å². The molecule has 1 amide bonds. The summed E-state index contributed by atoms with van der Waals surface area (Å²) in [5, 5.41) is 3.20. The van der Waals surface area contributed by atoms with Crippen molar-refractivity contribution in [2.75, 3.05) is 33.0 Å². The highest BCUT2D eigenvalue weighted by Gasteiger charge is 2.20. The molecule has 2 aliphatic rings. The Morgan fingerprint density at radius 2 is 1.95 bits per heavy atom. The first-order chi connectivity index (χ1) is 10.6. The van der Waals surface area contributed by atoms with E-state index >= 15 is 0 Å². The van der Waals surface area contributed by atoms with Crippen molar-refractivity contribution in [3.8, 4) is 11.5 Å². The van der Waals surface area contributed by atoms with E-state index in [2.05, 4.69) is 16.3 Å². The maximum atomic E-state index is 11.0. The van der Waals surface area contributed by atoms with Crippen LogP contribution in [0.3, 0.4) is 0 Å². The van der Waals surface area contributed by atoms with Gasteiger partial charge in [0.05, 0.1) is 0 Å². The lowest BCUT2D eigenvalue weighted by atomic mass is 10.1. The third-order valence-corrected chi connectivity index (χ3v) is 4.15. The van der Waals surface area contributed by atoms with Crippen molar-refractivity contribution in [3.63, 3.8) is 0 Å². The lowest BCUT2D eigenvalue weighted by molar-refractivity contribution is -0.117. The summed E-state index contributed by atoms with van der Waals surface area (Å²) in [5.41, 5.74) is 1.21. The Labute approximate surface area is 135 Å². The van der Waals surface area contributed by atoms with Gasteiger partial charge in [0.15, 0.2) is 16.6 Å². The third kappa shape index (κ3) is 3.48. The molecule has 0 saturated carbocycles. The fourth-order valence-corrected chi connectivity index (χ4v) is 2.96. The second-order valence-corrected chi connectivity index (χ2v) is 5.82. The number of ether oxygens (including phenoxy) is 2. The van der Waals surface area contributed by atoms with E-state index in [1.165, 1.54) is 12.5 Å². The van der Waals surface area contributed by atoms with E-state index in [0.717, 1.165) is 44.2 Å². The lowest BCUT2D eigenvalue weighted by Crippen LogP contribution is -2.52. The number of hydrogen-bond donors (Lipinski definition) is 1. The van der Waals surface area contributed by atoms with Crippen LogP contribution in [0.25, 0.3) is 0 Å². The Morgan fingerprint density at radius 1 is 1.23 bits per heavy atom. The van der Waals surface area contributed by atoms with Gasteiger partial charge in [0.25, 0.3) is 0 Å². The van der Waals surface area contributed by atoms with Gasteiger partial charge >= 0.3 is 0 Å². The van der Waals surface area contributed by atoms with Crippen LogP contribution in [0.5, 0.6) is 11.5 Å². The number of nitrogens with zero attached hydrogens (tertiary/aromatic N) is 2. The van der Waals surface area contributed by atoms with Crippen LogP contribution >= 0.6 is 12.2 Å². The average Bonchev–Trinajstić information content (AvgIpc) is 2.95. The Hall–Kier alpha value is -1.86. The summed E-state index contributed by atoms with van der Waals surface area (Å²) in [6.07, 6.45) is 0. The Kier molecular flexibility index (Phi) is 4.44. The van der Waals surface area contributed by atoms with Crippen molar-refractivity contribution in [1.82, 2.24) is 15.1 Å². The molecule has 1 N–H and O–H groups in total. The van der Waals surface area contributed by atoms with Crippen molar-refractivity contribution >= 4 is 23.2 Å². The fourth-order valence-electron chi connectivity index (χ4n) is 2.64. The topological polar surface area (TPSA) is 54.0 Å². The lowest BCUT2D eigenvalue weighted by Gasteiger charge is -2.35. The van der Waals surface area contributed by atoms with Crippen LogP contribution in [0.1, 0.15) is 12.5 Å². The van der Waals surface area contributed by atoms with Crippen LogP contribution in [0, 0.1) is 0 Å². The highest BCUT2D eigenvalue weighted by molar-refractivity contribution is 7.80. The minimum atomic E-state index is -0.118. The Bertz CT molecular complexity index is 585. The summed E-state index contributed by atoms with van der Waals surface area (Å²) >= 11 is 5.22. The van der Waals surface area contributed by atoms with Crippen LogP contribution in [-0.4, -0.2) is 53.8 Å². The molecule has 0 unspecified atom stereocenters. The molecule has 6 nitrogen and oxygen atoms in total. The number of rotatable bonds is 2. The SMILES string of the molecule is CC(=O)NC(=S)N1CCN(Cc2ccc3c(c2)OCO3)CC1. The van der Waals surface area contributed by atoms with Crippen molar-refractivity contribution in [3.05, 3.63) is 23.8 Å². The van der Waals surface area contributed by atoms with E-state index < -0.39 is 0 Å². The van der Waals surface area contributed by atoms with E-state index in [1.807, 2.05) is 17.0 Å². The van der Waals surface area contributed by atoms with Gasteiger partial charge in [0.2, 0.25) is 12.7 Å². The summed E-state index contributed by atoms with van der Waals surface area (Å²) < 4.78 is 10.7. The monoisotopic (exact) mass is 321 g/mol. The molecule has 0 spiro atoms. The molecular weight excluding hydrogens is 302 g/mol. The number of fused-ring (bicyclic) bond motifs is 1. The number of carbonyl (C=O) groups is 1. The van der Waals surface area contributed by atoms with Crippen LogP contribution in [0.15, 0.2) is 18.2 Å². The molecule has 2 heterocycles. The van der Waals surface area contributed by atoms with Gasteiger partial charge in [-0.25, -0.2) is 0 Å². The summed E-state index contributed by atoms with van der Waals surface area (Å²) in [5.74, 6) is 1.52. The average molecular weight is 321 g/mol. The second-order valence-electron chi connectivity index (χ2n) is 5.44. The summed E-state index contributed by atoms with van der Waals surface area (Å²) in [6.45, 7) is 6.12. The summed E-state index contributed by atoms with van der Waals surface area (Å²) in [4.78, 5) is 15.4. The molecule has 0 atom stereocenters. The first kappa shape index (κ1) is 15.1. The highest BCUT2D eigenvalue weighted by atomic mass is 32.1. The number of benzene rings is 1. The zero-order chi connectivity index (χ0) is 15.5. The van der Waals surface area contributed by atoms with E-state index in [4.69, 9.17) is 21.7 Å². The quantitative estimate of drug-likeness (QED) is 0.819. The van der Waals surface area contributed by atoms with Gasteiger partial charge in [-0.05, 0) is 29.9 Å². The number of piperazine rings is 1. The molecule has 1 aromatic rings. The van der Waals surface area contributed by atoms with Crippen molar-refractivity contribution in [1.29, 1.82) is 0 Å². The van der Waals surface area contributed by atoms with Gasteiger partial charge in [-0.3, -0.25) is 9.69 Å². The van der Waals surface area contributed by atoms with Crippen molar-refractivity contribution in [2.45, 2.75) is 13.5 Å². The molecule has 3 rings (SSSR count). The molecule has 1 aromatic carbocycles. The van der Waals surface area contributed by atoms with E-state index in [9.17, 15) is 4.79 Å². The highest BCUT2D eigenvalue weighted by Crippen LogP contribution is 2.32. The summed E-state index contributed by atoms with van der Waals surface area (Å²) in [6, 6.07) is 6.07. The van der Waals surface area contributed by atoms with Crippen LogP contribution in [-0.2, 0) is 11.3 Å². The van der Waals surface area contributed by atoms with Gasteiger partial charge in [0.1, 0.15) is 0 Å². The molecule has 22 heavy (non-hydrogen) atoms. The third-order valence-electron chi connectivity index (χ3n) is 3.79. The number of thiocarbonyl (C=S) groups is 1. The Morgan fingerprint density at radius 3 is 2.68 bits per heavy atom. The predicted molar refractivity (Wildman–Crippen MR) is 85.8 cm³/mol. The molecule has 0 aromatic heterocycles. The first-order valence-electron chi connectivity index (χ1n) is 7.29. The number of amides is 1. The molecule has 1 saturated heterocycles. The van der Waals surface area contributed by atoms with Gasteiger partial charge in [-0.15, -0.1) is 0 Å². The zero-order valence-corrected chi connectivity index (χ0v) is 13.3. The molecule has 0 bridgehead atoms. The molecule has 0 aliphatic carbocycles. The fraction of sp³-hybridized carbons (Fsp3) is 0.467. The maximum Gasteiger partial charge on any atom is 0.231 e. The maximum absolute atomic E-state index is 11.0. The second kappa shape index (κ2) is 6.50. The minimum Gasteiger partial charge on any atom is -0.454 e. The summed E-state index contributed by atoms with van der Waals surface area (Å²) in [7, 11) is 0. The molecule has 1 fully saturated rings. The number of carbonyl (C=O) groups excluding carboxylic acids is 1. The predicted octanol–water partition coefficient (Wildman–Crippen LogP) is 0.954. The van der Waals surface area contributed by atoms with Gasteiger partial charge in [-0.1, -0.05) is 6.07 Å². The van der Waals surface area contributed by atoms with Crippen molar-refractivity contribution < 1.29 is 14.3 Å². The van der Waals surface area contributed by atoms with Crippen LogP contribution in [0.4, 0.5) is 0 Å². The van der Waals surface area contributed by atoms with E-state index in [-0.39, 0.29) is 5.91 Å². The first-order valence-corrected chi connectivity index (χ1v) is 7.70. The van der Waals surface area contributed by atoms with E-state index in [0.29, 0.717) is 11.9 Å². The molecule has 7 heteroatoms. The number of nitrogens with one attached hydrogen (secondary N) is 1. The standard InChI is InChI=1S/C15H19N3O3S/c1-11(19)16-15(22)18-6-4-17(5-7-18)9-12-2-3-13-14(8-12)21-10-20-13/h2-3,8H,4-7,9-10H2,1H3,(H,16,19,22). The zero-order valence-electron chi connectivity index (χ0n) is 12.5. The molecule has 0 radical (unpaired) electrons. The van der Waals surface area contributed by atoms with Crippen LogP contribution < -0.4 is 14.8 Å². The smallest absolute Gasteiger partial charge is 0.231 e. The van der Waals surface area contributed by atoms with Crippen molar-refractivity contribution in [2.24, 2.45) is 0 Å². The molecular formula is C15H19N3O3S. The normalized spacial score (nSPS) is 17.4. The van der Waals surface area contributed by atoms with E-state index in [1.54, 1.807) is 0 Å². The molecule has 2 aliphatic heterocycles. The van der Waals surface area contributed by atoms with Gasteiger partial charge in [-0.2, -0.15) is 0 Å². The number of hydrogen-bond acceptors (Lipinski definition) is 5. The van der Waals surface area contributed by atoms with Crippen LogP contribution in [0.2, 0.25) is 0 Å². The molecule has 118 valence electrons.